The third-order valence-electron chi connectivity index (χ3n) is 3.00. The normalized spacial score (nSPS) is 10.5. The molecule has 2 aromatic rings. The van der Waals surface area contributed by atoms with Gasteiger partial charge in [-0.15, -0.1) is 0 Å². The standard InChI is InChI=1S/C13H14N2O2/c1-9-10(2)15(11-7-5-4-6-8-11)13(17)14(3)12(9)16/h4-8H,1-3H3. The van der Waals surface area contributed by atoms with Gasteiger partial charge >= 0.3 is 5.69 Å². The average Bonchev–Trinajstić information content (AvgIpc) is 2.36. The van der Waals surface area contributed by atoms with E-state index in [1.54, 1.807) is 18.4 Å². The van der Waals surface area contributed by atoms with E-state index in [1.807, 2.05) is 30.3 Å². The Morgan fingerprint density at radius 3 is 2.18 bits per heavy atom. The molecule has 1 aromatic carbocycles. The van der Waals surface area contributed by atoms with Gasteiger partial charge in [-0.3, -0.25) is 13.9 Å². The number of hydrogen-bond donors (Lipinski definition) is 0. The first-order valence-electron chi connectivity index (χ1n) is 5.38. The van der Waals surface area contributed by atoms with Gasteiger partial charge in [-0.25, -0.2) is 4.79 Å². The fraction of sp³-hybridized carbons (Fsp3) is 0.231. The van der Waals surface area contributed by atoms with Crippen LogP contribution in [0.3, 0.4) is 0 Å². The smallest absolute Gasteiger partial charge is 0.269 e. The molecule has 0 unspecified atom stereocenters. The second-order valence-electron chi connectivity index (χ2n) is 4.03. The molecule has 0 amide bonds. The molecule has 0 bridgehead atoms. The van der Waals surface area contributed by atoms with Gasteiger partial charge in [0.05, 0.1) is 5.69 Å². The van der Waals surface area contributed by atoms with Gasteiger partial charge in [-0.05, 0) is 26.0 Å². The lowest BCUT2D eigenvalue weighted by Gasteiger charge is -2.13. The van der Waals surface area contributed by atoms with Gasteiger partial charge in [0.25, 0.3) is 5.56 Å². The number of aromatic nitrogens is 2. The van der Waals surface area contributed by atoms with Crippen molar-refractivity contribution in [2.24, 2.45) is 7.05 Å². The minimum absolute atomic E-state index is 0.236. The van der Waals surface area contributed by atoms with Gasteiger partial charge in [-0.2, -0.15) is 0 Å². The predicted octanol–water partition coefficient (Wildman–Crippen LogP) is 1.15. The molecule has 1 aromatic heterocycles. The first-order valence-corrected chi connectivity index (χ1v) is 5.38. The maximum atomic E-state index is 12.1. The van der Waals surface area contributed by atoms with E-state index < -0.39 is 0 Å². The van der Waals surface area contributed by atoms with Crippen LogP contribution in [-0.4, -0.2) is 9.13 Å². The van der Waals surface area contributed by atoms with Gasteiger partial charge in [0.2, 0.25) is 0 Å². The van der Waals surface area contributed by atoms with Crippen molar-refractivity contribution in [3.8, 4) is 5.69 Å². The maximum absolute atomic E-state index is 12.1. The molecule has 0 fully saturated rings. The highest BCUT2D eigenvalue weighted by atomic mass is 16.2. The largest absolute Gasteiger partial charge is 0.335 e. The molecule has 0 N–H and O–H groups in total. The summed E-state index contributed by atoms with van der Waals surface area (Å²) in [4.78, 5) is 23.8. The zero-order valence-corrected chi connectivity index (χ0v) is 10.1. The van der Waals surface area contributed by atoms with Gasteiger partial charge in [-0.1, -0.05) is 18.2 Å². The van der Waals surface area contributed by atoms with Crippen LogP contribution in [0.5, 0.6) is 0 Å². The van der Waals surface area contributed by atoms with E-state index >= 15 is 0 Å². The van der Waals surface area contributed by atoms with E-state index in [9.17, 15) is 9.59 Å². The van der Waals surface area contributed by atoms with Crippen molar-refractivity contribution >= 4 is 0 Å². The van der Waals surface area contributed by atoms with Gasteiger partial charge in [0, 0.05) is 18.3 Å². The highest BCUT2D eigenvalue weighted by Gasteiger charge is 2.11. The summed E-state index contributed by atoms with van der Waals surface area (Å²) in [6.07, 6.45) is 0. The minimum atomic E-state index is -0.315. The van der Waals surface area contributed by atoms with Crippen LogP contribution in [0.2, 0.25) is 0 Å². The molecule has 0 aliphatic carbocycles. The van der Waals surface area contributed by atoms with Crippen LogP contribution in [0, 0.1) is 13.8 Å². The highest BCUT2D eigenvalue weighted by Crippen LogP contribution is 2.08. The molecule has 0 aliphatic heterocycles. The van der Waals surface area contributed by atoms with Crippen LogP contribution in [0.1, 0.15) is 11.3 Å². The molecule has 0 atom stereocenters. The summed E-state index contributed by atoms with van der Waals surface area (Å²) in [5.41, 5.74) is 1.50. The molecule has 0 aliphatic rings. The summed E-state index contributed by atoms with van der Waals surface area (Å²) in [7, 11) is 1.50. The van der Waals surface area contributed by atoms with Crippen LogP contribution in [0.4, 0.5) is 0 Å². The van der Waals surface area contributed by atoms with E-state index in [-0.39, 0.29) is 11.2 Å². The molecule has 17 heavy (non-hydrogen) atoms. The van der Waals surface area contributed by atoms with Crippen molar-refractivity contribution in [3.63, 3.8) is 0 Å². The number of rotatable bonds is 1. The molecular formula is C13H14N2O2. The van der Waals surface area contributed by atoms with Crippen LogP contribution in [0.15, 0.2) is 39.9 Å². The van der Waals surface area contributed by atoms with E-state index in [0.717, 1.165) is 10.3 Å². The first-order chi connectivity index (χ1) is 8.04. The van der Waals surface area contributed by atoms with E-state index in [2.05, 4.69) is 0 Å². The molecule has 0 spiro atoms. The van der Waals surface area contributed by atoms with Crippen LogP contribution >= 0.6 is 0 Å². The zero-order valence-electron chi connectivity index (χ0n) is 10.1. The Morgan fingerprint density at radius 1 is 1.00 bits per heavy atom. The third-order valence-corrected chi connectivity index (χ3v) is 3.00. The van der Waals surface area contributed by atoms with Gasteiger partial charge in [0.1, 0.15) is 0 Å². The Kier molecular flexibility index (Phi) is 2.71. The Hall–Kier alpha value is -2.10. The number of nitrogens with zero attached hydrogens (tertiary/aromatic N) is 2. The molecule has 0 saturated carbocycles. The average molecular weight is 230 g/mol. The number of benzene rings is 1. The molecular weight excluding hydrogens is 216 g/mol. The SMILES string of the molecule is Cc1c(C)n(-c2ccccc2)c(=O)n(C)c1=O. The predicted molar refractivity (Wildman–Crippen MR) is 66.8 cm³/mol. The van der Waals surface area contributed by atoms with Crippen molar-refractivity contribution in [1.29, 1.82) is 0 Å². The van der Waals surface area contributed by atoms with Crippen molar-refractivity contribution in [2.45, 2.75) is 13.8 Å². The van der Waals surface area contributed by atoms with Gasteiger partial charge in [0.15, 0.2) is 0 Å². The molecule has 88 valence electrons. The van der Waals surface area contributed by atoms with E-state index in [0.29, 0.717) is 11.3 Å². The van der Waals surface area contributed by atoms with Crippen LogP contribution in [0.25, 0.3) is 5.69 Å². The topological polar surface area (TPSA) is 44.0 Å². The fourth-order valence-electron chi connectivity index (χ4n) is 1.84. The lowest BCUT2D eigenvalue weighted by Crippen LogP contribution is -2.40. The molecule has 4 heteroatoms. The van der Waals surface area contributed by atoms with E-state index in [1.165, 1.54) is 7.05 Å². The second kappa shape index (κ2) is 4.05. The minimum Gasteiger partial charge on any atom is -0.269 e. The third kappa shape index (κ3) is 1.71. The van der Waals surface area contributed by atoms with Crippen molar-refractivity contribution < 1.29 is 0 Å². The van der Waals surface area contributed by atoms with E-state index in [4.69, 9.17) is 0 Å². The van der Waals surface area contributed by atoms with Crippen molar-refractivity contribution in [1.82, 2.24) is 9.13 Å². The summed E-state index contributed by atoms with van der Waals surface area (Å²) in [5, 5.41) is 0. The van der Waals surface area contributed by atoms with Crippen LogP contribution < -0.4 is 11.2 Å². The Balaban J connectivity index is 2.90. The monoisotopic (exact) mass is 230 g/mol. The Bertz CT molecular complexity index is 666. The quantitative estimate of drug-likeness (QED) is 0.737. The highest BCUT2D eigenvalue weighted by molar-refractivity contribution is 5.34. The molecule has 1 heterocycles. The summed E-state index contributed by atoms with van der Waals surface area (Å²) >= 11 is 0. The Morgan fingerprint density at radius 2 is 1.59 bits per heavy atom. The first kappa shape index (κ1) is 11.4. The molecule has 0 saturated heterocycles. The van der Waals surface area contributed by atoms with Crippen molar-refractivity contribution in [3.05, 3.63) is 62.4 Å². The van der Waals surface area contributed by atoms with Gasteiger partial charge < -0.3 is 0 Å². The maximum Gasteiger partial charge on any atom is 0.335 e. The lowest BCUT2D eigenvalue weighted by atomic mass is 10.2. The van der Waals surface area contributed by atoms with Crippen molar-refractivity contribution in [2.75, 3.05) is 0 Å². The Labute approximate surface area is 98.8 Å². The summed E-state index contributed by atoms with van der Waals surface area (Å²) in [6.45, 7) is 3.52. The summed E-state index contributed by atoms with van der Waals surface area (Å²) in [6, 6.07) is 9.30. The lowest BCUT2D eigenvalue weighted by molar-refractivity contribution is 0.702. The summed E-state index contributed by atoms with van der Waals surface area (Å²) in [5.74, 6) is 0. The second-order valence-corrected chi connectivity index (χ2v) is 4.03. The summed E-state index contributed by atoms with van der Waals surface area (Å²) < 4.78 is 2.69. The fourth-order valence-corrected chi connectivity index (χ4v) is 1.84. The molecule has 4 nitrogen and oxygen atoms in total. The number of para-hydroxylation sites is 1. The van der Waals surface area contributed by atoms with Crippen LogP contribution in [-0.2, 0) is 7.05 Å². The molecule has 0 radical (unpaired) electrons. The zero-order chi connectivity index (χ0) is 12.6. The number of hydrogen-bond acceptors (Lipinski definition) is 2. The molecule has 2 rings (SSSR count).